The lowest BCUT2D eigenvalue weighted by Gasteiger charge is -2.28. The molecule has 30 heavy (non-hydrogen) atoms. The average molecular weight is 425 g/mol. The molecule has 0 aromatic carbocycles. The zero-order valence-corrected chi connectivity index (χ0v) is 17.4. The van der Waals surface area contributed by atoms with Crippen LogP contribution in [0, 0.1) is 5.92 Å². The molecule has 0 aromatic rings. The summed E-state index contributed by atoms with van der Waals surface area (Å²) in [6.45, 7) is 3.76. The summed E-state index contributed by atoms with van der Waals surface area (Å²) in [6.07, 6.45) is 2.16. The van der Waals surface area contributed by atoms with Crippen molar-refractivity contribution >= 4 is 29.6 Å². The second kappa shape index (κ2) is 10.4. The molecule has 4 amide bonds. The highest BCUT2D eigenvalue weighted by molar-refractivity contribution is 5.94. The van der Waals surface area contributed by atoms with Gasteiger partial charge in [0.25, 0.3) is 0 Å². The zero-order chi connectivity index (χ0) is 22.4. The third kappa shape index (κ3) is 5.47. The van der Waals surface area contributed by atoms with Crippen LogP contribution in [0.3, 0.4) is 0 Å². The molecular formula is C19H31N5O6. The van der Waals surface area contributed by atoms with Gasteiger partial charge in [0.2, 0.25) is 23.6 Å². The fourth-order valence-electron chi connectivity index (χ4n) is 3.94. The summed E-state index contributed by atoms with van der Waals surface area (Å²) in [7, 11) is 0. The van der Waals surface area contributed by atoms with Crippen LogP contribution in [0.2, 0.25) is 0 Å². The van der Waals surface area contributed by atoms with Gasteiger partial charge in [0.15, 0.2) is 0 Å². The Morgan fingerprint density at radius 3 is 2.10 bits per heavy atom. The van der Waals surface area contributed by atoms with Crippen LogP contribution in [0.4, 0.5) is 0 Å². The van der Waals surface area contributed by atoms with Crippen LogP contribution in [0.5, 0.6) is 0 Å². The molecule has 0 aromatic heterocycles. The van der Waals surface area contributed by atoms with E-state index >= 15 is 0 Å². The van der Waals surface area contributed by atoms with Crippen LogP contribution in [0.1, 0.15) is 39.5 Å². The Kier molecular flexibility index (Phi) is 8.16. The number of hydrogen-bond donors (Lipinski definition) is 4. The first-order chi connectivity index (χ1) is 14.2. The highest BCUT2D eigenvalue weighted by atomic mass is 16.4. The van der Waals surface area contributed by atoms with Crippen molar-refractivity contribution in [1.29, 1.82) is 0 Å². The molecule has 5 N–H and O–H groups in total. The second-order valence-corrected chi connectivity index (χ2v) is 7.98. The Hall–Kier alpha value is -2.69. The minimum atomic E-state index is -1.06. The number of hydrogen-bond acceptors (Lipinski definition) is 6. The maximum atomic E-state index is 12.7. The maximum Gasteiger partial charge on any atom is 0.326 e. The van der Waals surface area contributed by atoms with Gasteiger partial charge in [-0.1, -0.05) is 13.8 Å². The van der Waals surface area contributed by atoms with Crippen molar-refractivity contribution in [1.82, 2.24) is 20.4 Å². The largest absolute Gasteiger partial charge is 0.480 e. The fraction of sp³-hybridized carbons (Fsp3) is 0.737. The van der Waals surface area contributed by atoms with Gasteiger partial charge in [0, 0.05) is 13.1 Å². The lowest BCUT2D eigenvalue weighted by molar-refractivity contribution is -0.148. The highest BCUT2D eigenvalue weighted by Crippen LogP contribution is 2.19. The van der Waals surface area contributed by atoms with E-state index in [9.17, 15) is 29.1 Å². The number of amides is 4. The molecule has 11 heteroatoms. The van der Waals surface area contributed by atoms with Crippen molar-refractivity contribution < 1.29 is 29.1 Å². The van der Waals surface area contributed by atoms with E-state index in [1.165, 1.54) is 9.80 Å². The SMILES string of the molecule is CC(C)[C@H](NC(=O)[C@@H]1CCCN1C(=O)CN)C(=O)NCC(=O)N1CCC[C@H]1C(=O)O. The summed E-state index contributed by atoms with van der Waals surface area (Å²) >= 11 is 0. The molecule has 0 radical (unpaired) electrons. The maximum absolute atomic E-state index is 12.7. The van der Waals surface area contributed by atoms with Crippen molar-refractivity contribution in [2.45, 2.75) is 57.7 Å². The van der Waals surface area contributed by atoms with Gasteiger partial charge in [-0.25, -0.2) is 4.79 Å². The molecule has 0 bridgehead atoms. The van der Waals surface area contributed by atoms with Crippen molar-refractivity contribution in [3.05, 3.63) is 0 Å². The van der Waals surface area contributed by atoms with Crippen LogP contribution in [0.25, 0.3) is 0 Å². The predicted molar refractivity (Wildman–Crippen MR) is 106 cm³/mol. The first kappa shape index (κ1) is 23.6. The Balaban J connectivity index is 1.94. The number of nitrogens with one attached hydrogen (secondary N) is 2. The number of nitrogens with two attached hydrogens (primary N) is 1. The minimum Gasteiger partial charge on any atom is -0.480 e. The number of carbonyl (C=O) groups is 5. The Morgan fingerprint density at radius 1 is 1.00 bits per heavy atom. The van der Waals surface area contributed by atoms with E-state index in [0.717, 1.165) is 0 Å². The van der Waals surface area contributed by atoms with E-state index in [1.54, 1.807) is 13.8 Å². The van der Waals surface area contributed by atoms with E-state index in [2.05, 4.69) is 10.6 Å². The van der Waals surface area contributed by atoms with Gasteiger partial charge >= 0.3 is 5.97 Å². The minimum absolute atomic E-state index is 0.187. The topological polar surface area (TPSA) is 162 Å². The summed E-state index contributed by atoms with van der Waals surface area (Å²) in [5, 5.41) is 14.4. The average Bonchev–Trinajstić information content (AvgIpc) is 3.38. The number of aliphatic carboxylic acids is 1. The summed E-state index contributed by atoms with van der Waals surface area (Å²) < 4.78 is 0. The van der Waals surface area contributed by atoms with Gasteiger partial charge in [0.1, 0.15) is 18.1 Å². The molecule has 0 aliphatic carbocycles. The number of carbonyl (C=O) groups excluding carboxylic acids is 4. The van der Waals surface area contributed by atoms with Crippen LogP contribution >= 0.6 is 0 Å². The van der Waals surface area contributed by atoms with Gasteiger partial charge in [-0.05, 0) is 31.6 Å². The summed E-state index contributed by atoms with van der Waals surface area (Å²) in [4.78, 5) is 63.5. The van der Waals surface area contributed by atoms with E-state index < -0.39 is 41.8 Å². The number of likely N-dealkylation sites (tertiary alicyclic amines) is 2. The smallest absolute Gasteiger partial charge is 0.326 e. The van der Waals surface area contributed by atoms with Gasteiger partial charge < -0.3 is 31.3 Å². The standard InChI is InChI=1S/C19H31N5O6/c1-11(2)16(22-17(27)12-5-3-7-23(12)14(25)9-20)18(28)21-10-15(26)24-8-4-6-13(24)19(29)30/h11-13,16H,3-10,20H2,1-2H3,(H,21,28)(H,22,27)(H,29,30)/t12-,13-,16-/m0/s1. The number of carboxylic acids is 1. The van der Waals surface area contributed by atoms with E-state index in [4.69, 9.17) is 5.73 Å². The highest BCUT2D eigenvalue weighted by Gasteiger charge is 2.37. The van der Waals surface area contributed by atoms with Crippen LogP contribution in [0.15, 0.2) is 0 Å². The van der Waals surface area contributed by atoms with E-state index in [1.807, 2.05) is 0 Å². The molecule has 168 valence electrons. The van der Waals surface area contributed by atoms with Crippen molar-refractivity contribution in [3.63, 3.8) is 0 Å². The zero-order valence-electron chi connectivity index (χ0n) is 17.4. The Labute approximate surface area is 175 Å². The third-order valence-electron chi connectivity index (χ3n) is 5.57. The van der Waals surface area contributed by atoms with Crippen molar-refractivity contribution in [2.24, 2.45) is 11.7 Å². The molecule has 2 heterocycles. The fourth-order valence-corrected chi connectivity index (χ4v) is 3.94. The first-order valence-electron chi connectivity index (χ1n) is 10.3. The molecule has 2 rings (SSSR count). The normalized spacial score (nSPS) is 22.1. The molecule has 2 saturated heterocycles. The van der Waals surface area contributed by atoms with Crippen molar-refractivity contribution in [3.8, 4) is 0 Å². The molecule has 2 aliphatic heterocycles. The summed E-state index contributed by atoms with van der Waals surface area (Å²) in [5.74, 6) is -3.08. The summed E-state index contributed by atoms with van der Waals surface area (Å²) in [6, 6.07) is -2.43. The quantitative estimate of drug-likeness (QED) is 0.359. The van der Waals surface area contributed by atoms with Gasteiger partial charge in [0.05, 0.1) is 13.1 Å². The molecule has 2 aliphatic rings. The van der Waals surface area contributed by atoms with Crippen LogP contribution < -0.4 is 16.4 Å². The second-order valence-electron chi connectivity index (χ2n) is 7.98. The molecule has 0 spiro atoms. The number of nitrogens with zero attached hydrogens (tertiary/aromatic N) is 2. The van der Waals surface area contributed by atoms with Gasteiger partial charge in [-0.15, -0.1) is 0 Å². The molecule has 0 saturated carbocycles. The van der Waals surface area contributed by atoms with E-state index in [-0.39, 0.29) is 24.9 Å². The lowest BCUT2D eigenvalue weighted by atomic mass is 10.0. The summed E-state index contributed by atoms with van der Waals surface area (Å²) in [5.41, 5.74) is 5.40. The van der Waals surface area contributed by atoms with Gasteiger partial charge in [-0.3, -0.25) is 19.2 Å². The molecular weight excluding hydrogens is 394 g/mol. The van der Waals surface area contributed by atoms with Gasteiger partial charge in [-0.2, -0.15) is 0 Å². The molecule has 2 fully saturated rings. The third-order valence-corrected chi connectivity index (χ3v) is 5.57. The number of carboxylic acid groups (broad SMARTS) is 1. The Bertz CT molecular complexity index is 697. The molecule has 0 unspecified atom stereocenters. The van der Waals surface area contributed by atoms with Crippen LogP contribution in [-0.4, -0.2) is 88.8 Å². The number of rotatable bonds is 8. The van der Waals surface area contributed by atoms with Crippen LogP contribution in [-0.2, 0) is 24.0 Å². The molecule has 3 atom stereocenters. The van der Waals surface area contributed by atoms with Crippen molar-refractivity contribution in [2.75, 3.05) is 26.2 Å². The Morgan fingerprint density at radius 2 is 1.57 bits per heavy atom. The first-order valence-corrected chi connectivity index (χ1v) is 10.3. The predicted octanol–water partition coefficient (Wildman–Crippen LogP) is -1.73. The molecule has 11 nitrogen and oxygen atoms in total. The lowest BCUT2D eigenvalue weighted by Crippen LogP contribution is -2.56. The monoisotopic (exact) mass is 425 g/mol. The van der Waals surface area contributed by atoms with E-state index in [0.29, 0.717) is 38.8 Å².